The minimum Gasteiger partial charge on any atom is -0.336 e. The normalized spacial score (nSPS) is 18.8. The van der Waals surface area contributed by atoms with Gasteiger partial charge in [0, 0.05) is 25.7 Å². The summed E-state index contributed by atoms with van der Waals surface area (Å²) in [5.41, 5.74) is 2.55. The van der Waals surface area contributed by atoms with E-state index in [2.05, 4.69) is 17.3 Å². The van der Waals surface area contributed by atoms with Gasteiger partial charge in [-0.3, -0.25) is 4.79 Å². The Hall–Kier alpha value is -2.14. The highest BCUT2D eigenvalue weighted by Crippen LogP contribution is 2.16. The van der Waals surface area contributed by atoms with Crippen molar-refractivity contribution < 1.29 is 4.79 Å². The van der Waals surface area contributed by atoms with E-state index in [1.54, 1.807) is 6.20 Å². The quantitative estimate of drug-likeness (QED) is 0.911. The SMILES string of the molecule is Cc1c(C(=O)N2CCNC(C)C2)cnn1-c1ccccc1. The molecule has 0 saturated carbocycles. The van der Waals surface area contributed by atoms with E-state index in [9.17, 15) is 4.79 Å². The lowest BCUT2D eigenvalue weighted by atomic mass is 10.1. The topological polar surface area (TPSA) is 50.2 Å². The summed E-state index contributed by atoms with van der Waals surface area (Å²) in [6.45, 7) is 6.38. The third-order valence-electron chi connectivity index (χ3n) is 3.90. The van der Waals surface area contributed by atoms with E-state index < -0.39 is 0 Å². The molecule has 3 rings (SSSR count). The van der Waals surface area contributed by atoms with Gasteiger partial charge in [0.15, 0.2) is 0 Å². The highest BCUT2D eigenvalue weighted by molar-refractivity contribution is 5.95. The Kier molecular flexibility index (Phi) is 3.75. The van der Waals surface area contributed by atoms with Gasteiger partial charge in [0.05, 0.1) is 23.1 Å². The average Bonchev–Trinajstić information content (AvgIpc) is 2.89. The molecule has 1 unspecified atom stereocenters. The molecule has 110 valence electrons. The Morgan fingerprint density at radius 3 is 2.81 bits per heavy atom. The number of benzene rings is 1. The first-order valence-corrected chi connectivity index (χ1v) is 7.29. The first-order valence-electron chi connectivity index (χ1n) is 7.29. The van der Waals surface area contributed by atoms with E-state index in [0.717, 1.165) is 31.0 Å². The minimum absolute atomic E-state index is 0.0723. The van der Waals surface area contributed by atoms with Crippen molar-refractivity contribution in [1.29, 1.82) is 0 Å². The van der Waals surface area contributed by atoms with Crippen LogP contribution in [0.4, 0.5) is 0 Å². The van der Waals surface area contributed by atoms with Crippen molar-refractivity contribution in [1.82, 2.24) is 20.0 Å². The summed E-state index contributed by atoms with van der Waals surface area (Å²) in [7, 11) is 0. The Bertz CT molecular complexity index is 635. The summed E-state index contributed by atoms with van der Waals surface area (Å²) in [4.78, 5) is 14.6. The van der Waals surface area contributed by atoms with Gasteiger partial charge in [-0.25, -0.2) is 4.68 Å². The Balaban J connectivity index is 1.87. The van der Waals surface area contributed by atoms with Crippen LogP contribution < -0.4 is 5.32 Å². The number of carbonyl (C=O) groups excluding carboxylic acids is 1. The minimum atomic E-state index is 0.0723. The molecular weight excluding hydrogens is 264 g/mol. The van der Waals surface area contributed by atoms with Gasteiger partial charge in [0.2, 0.25) is 0 Å². The second-order valence-corrected chi connectivity index (χ2v) is 5.50. The summed E-state index contributed by atoms with van der Waals surface area (Å²) in [6, 6.07) is 10.2. The number of piperazine rings is 1. The number of nitrogens with one attached hydrogen (secondary N) is 1. The van der Waals surface area contributed by atoms with Crippen LogP contribution in [0.2, 0.25) is 0 Å². The zero-order valence-corrected chi connectivity index (χ0v) is 12.4. The van der Waals surface area contributed by atoms with Crippen LogP contribution in [0, 0.1) is 6.92 Å². The van der Waals surface area contributed by atoms with Gasteiger partial charge in [0.25, 0.3) is 5.91 Å². The van der Waals surface area contributed by atoms with Crippen LogP contribution in [0.15, 0.2) is 36.5 Å². The number of carbonyl (C=O) groups is 1. The maximum atomic E-state index is 12.7. The van der Waals surface area contributed by atoms with Crippen LogP contribution in [0.25, 0.3) is 5.69 Å². The van der Waals surface area contributed by atoms with Gasteiger partial charge >= 0.3 is 0 Å². The van der Waals surface area contributed by atoms with Gasteiger partial charge < -0.3 is 10.2 Å². The summed E-state index contributed by atoms with van der Waals surface area (Å²) in [6.07, 6.45) is 1.68. The van der Waals surface area contributed by atoms with Crippen molar-refractivity contribution in [3.05, 3.63) is 47.8 Å². The first-order chi connectivity index (χ1) is 10.2. The van der Waals surface area contributed by atoms with Crippen molar-refractivity contribution in [3.8, 4) is 5.69 Å². The fraction of sp³-hybridized carbons (Fsp3) is 0.375. The lowest BCUT2D eigenvalue weighted by Gasteiger charge is -2.31. The molecule has 1 amide bonds. The smallest absolute Gasteiger partial charge is 0.257 e. The summed E-state index contributed by atoms with van der Waals surface area (Å²) in [5.74, 6) is 0.0723. The molecule has 1 aliphatic rings. The monoisotopic (exact) mass is 284 g/mol. The van der Waals surface area contributed by atoms with Crippen molar-refractivity contribution in [2.75, 3.05) is 19.6 Å². The fourth-order valence-electron chi connectivity index (χ4n) is 2.74. The maximum Gasteiger partial charge on any atom is 0.257 e. The summed E-state index contributed by atoms with van der Waals surface area (Å²) in [5, 5.41) is 7.72. The van der Waals surface area contributed by atoms with Crippen LogP contribution in [-0.2, 0) is 0 Å². The van der Waals surface area contributed by atoms with Gasteiger partial charge in [-0.15, -0.1) is 0 Å². The Morgan fingerprint density at radius 2 is 2.10 bits per heavy atom. The molecule has 0 spiro atoms. The molecule has 0 radical (unpaired) electrons. The van der Waals surface area contributed by atoms with Gasteiger partial charge in [-0.05, 0) is 26.0 Å². The number of rotatable bonds is 2. The standard InChI is InChI=1S/C16H20N4O/c1-12-11-19(9-8-17-12)16(21)15-10-18-20(13(15)2)14-6-4-3-5-7-14/h3-7,10,12,17H,8-9,11H2,1-2H3. The van der Waals surface area contributed by atoms with E-state index in [0.29, 0.717) is 11.6 Å². The van der Waals surface area contributed by atoms with Crippen LogP contribution >= 0.6 is 0 Å². The van der Waals surface area contributed by atoms with E-state index in [1.807, 2.05) is 46.8 Å². The molecule has 5 nitrogen and oxygen atoms in total. The van der Waals surface area contributed by atoms with Crippen molar-refractivity contribution in [3.63, 3.8) is 0 Å². The molecule has 1 aliphatic heterocycles. The fourth-order valence-corrected chi connectivity index (χ4v) is 2.74. The second kappa shape index (κ2) is 5.69. The molecule has 1 fully saturated rings. The van der Waals surface area contributed by atoms with Crippen molar-refractivity contribution >= 4 is 5.91 Å². The third-order valence-corrected chi connectivity index (χ3v) is 3.90. The van der Waals surface area contributed by atoms with Gasteiger partial charge in [-0.1, -0.05) is 18.2 Å². The van der Waals surface area contributed by atoms with E-state index in [1.165, 1.54) is 0 Å². The predicted molar refractivity (Wildman–Crippen MR) is 81.7 cm³/mol. The molecule has 0 aliphatic carbocycles. The molecule has 0 bridgehead atoms. The number of para-hydroxylation sites is 1. The van der Waals surface area contributed by atoms with Crippen LogP contribution in [0.3, 0.4) is 0 Å². The highest BCUT2D eigenvalue weighted by atomic mass is 16.2. The van der Waals surface area contributed by atoms with E-state index in [4.69, 9.17) is 0 Å². The zero-order valence-electron chi connectivity index (χ0n) is 12.4. The van der Waals surface area contributed by atoms with Crippen LogP contribution in [0.5, 0.6) is 0 Å². The van der Waals surface area contributed by atoms with Gasteiger partial charge in [0.1, 0.15) is 0 Å². The lowest BCUT2D eigenvalue weighted by molar-refractivity contribution is 0.0708. The van der Waals surface area contributed by atoms with E-state index >= 15 is 0 Å². The first kappa shape index (κ1) is 13.8. The number of hydrogen-bond acceptors (Lipinski definition) is 3. The third kappa shape index (κ3) is 2.69. The van der Waals surface area contributed by atoms with E-state index in [-0.39, 0.29) is 5.91 Å². The molecule has 1 aromatic heterocycles. The summed E-state index contributed by atoms with van der Waals surface area (Å²) >= 11 is 0. The molecular formula is C16H20N4O. The van der Waals surface area contributed by atoms with Gasteiger partial charge in [-0.2, -0.15) is 5.10 Å². The molecule has 1 atom stereocenters. The molecule has 21 heavy (non-hydrogen) atoms. The summed E-state index contributed by atoms with van der Waals surface area (Å²) < 4.78 is 1.82. The molecule has 2 aromatic rings. The molecule has 5 heteroatoms. The lowest BCUT2D eigenvalue weighted by Crippen LogP contribution is -2.51. The average molecular weight is 284 g/mol. The number of nitrogens with zero attached hydrogens (tertiary/aromatic N) is 3. The Morgan fingerprint density at radius 1 is 1.33 bits per heavy atom. The predicted octanol–water partition coefficient (Wildman–Crippen LogP) is 1.61. The molecule has 1 N–H and O–H groups in total. The Labute approximate surface area is 124 Å². The number of hydrogen-bond donors (Lipinski definition) is 1. The largest absolute Gasteiger partial charge is 0.336 e. The maximum absolute atomic E-state index is 12.7. The highest BCUT2D eigenvalue weighted by Gasteiger charge is 2.24. The molecule has 2 heterocycles. The second-order valence-electron chi connectivity index (χ2n) is 5.50. The molecule has 1 aromatic carbocycles. The molecule has 1 saturated heterocycles. The zero-order chi connectivity index (χ0) is 14.8. The number of aromatic nitrogens is 2. The van der Waals surface area contributed by atoms with Crippen molar-refractivity contribution in [2.24, 2.45) is 0 Å². The van der Waals surface area contributed by atoms with Crippen molar-refractivity contribution in [2.45, 2.75) is 19.9 Å². The van der Waals surface area contributed by atoms with Crippen LogP contribution in [0.1, 0.15) is 23.0 Å². The van der Waals surface area contributed by atoms with Crippen LogP contribution in [-0.4, -0.2) is 46.3 Å². The number of amides is 1.